The van der Waals surface area contributed by atoms with E-state index in [1.165, 1.54) is 49.4 Å². The Morgan fingerprint density at radius 2 is 1.55 bits per heavy atom. The van der Waals surface area contributed by atoms with Gasteiger partial charge in [-0.3, -0.25) is 14.4 Å². The van der Waals surface area contributed by atoms with Gasteiger partial charge in [0.1, 0.15) is 11.9 Å². The Labute approximate surface area is 188 Å². The SMILES string of the molecule is CC(=O)Nc1ccc(N2C(=O)c3ccc(C(=O)OC(C)c4ccc(F)cc4)cc3C2=O)cc1. The lowest BCUT2D eigenvalue weighted by Crippen LogP contribution is -2.29. The summed E-state index contributed by atoms with van der Waals surface area (Å²) in [6, 6.07) is 16.0. The number of benzene rings is 3. The summed E-state index contributed by atoms with van der Waals surface area (Å²) >= 11 is 0. The molecule has 0 fully saturated rings. The van der Waals surface area contributed by atoms with Crippen molar-refractivity contribution in [3.8, 4) is 0 Å². The van der Waals surface area contributed by atoms with Crippen molar-refractivity contribution in [2.24, 2.45) is 0 Å². The minimum absolute atomic E-state index is 0.0924. The Kier molecular flexibility index (Phi) is 5.74. The highest BCUT2D eigenvalue weighted by molar-refractivity contribution is 6.34. The predicted octanol–water partition coefficient (Wildman–Crippen LogP) is 4.50. The second-order valence-corrected chi connectivity index (χ2v) is 7.53. The highest BCUT2D eigenvalue weighted by Gasteiger charge is 2.37. The molecule has 3 amide bonds. The quantitative estimate of drug-likeness (QED) is 0.460. The van der Waals surface area contributed by atoms with Crippen LogP contribution in [0.2, 0.25) is 0 Å². The maximum atomic E-state index is 13.1. The number of halogens is 1. The molecule has 0 saturated carbocycles. The third-order valence-corrected chi connectivity index (χ3v) is 5.19. The molecule has 166 valence electrons. The molecule has 1 heterocycles. The van der Waals surface area contributed by atoms with Crippen LogP contribution in [0.4, 0.5) is 15.8 Å². The molecule has 3 aromatic rings. The summed E-state index contributed by atoms with van der Waals surface area (Å²) in [6.45, 7) is 3.03. The van der Waals surface area contributed by atoms with Crippen molar-refractivity contribution in [3.63, 3.8) is 0 Å². The number of nitrogens with one attached hydrogen (secondary N) is 1. The molecule has 4 rings (SSSR count). The molecule has 1 aliphatic heterocycles. The van der Waals surface area contributed by atoms with E-state index in [2.05, 4.69) is 5.32 Å². The minimum atomic E-state index is -0.673. The molecular weight excluding hydrogens is 427 g/mol. The fraction of sp³-hybridized carbons (Fsp3) is 0.120. The predicted molar refractivity (Wildman–Crippen MR) is 119 cm³/mol. The van der Waals surface area contributed by atoms with Gasteiger partial charge in [-0.25, -0.2) is 14.1 Å². The van der Waals surface area contributed by atoms with E-state index < -0.39 is 29.7 Å². The van der Waals surface area contributed by atoms with Gasteiger partial charge in [0, 0.05) is 12.6 Å². The number of fused-ring (bicyclic) bond motifs is 1. The van der Waals surface area contributed by atoms with Gasteiger partial charge in [0.15, 0.2) is 0 Å². The number of anilines is 2. The van der Waals surface area contributed by atoms with Crippen LogP contribution in [0.5, 0.6) is 0 Å². The molecule has 0 bridgehead atoms. The first kappa shape index (κ1) is 21.9. The first-order valence-electron chi connectivity index (χ1n) is 10.1. The normalized spacial score (nSPS) is 13.5. The van der Waals surface area contributed by atoms with Crippen LogP contribution in [-0.4, -0.2) is 23.7 Å². The van der Waals surface area contributed by atoms with Gasteiger partial charge >= 0.3 is 5.97 Å². The van der Waals surface area contributed by atoms with Crippen molar-refractivity contribution in [1.82, 2.24) is 0 Å². The number of amides is 3. The van der Waals surface area contributed by atoms with Crippen LogP contribution in [0.25, 0.3) is 0 Å². The zero-order chi connectivity index (χ0) is 23.7. The smallest absolute Gasteiger partial charge is 0.338 e. The summed E-state index contributed by atoms with van der Waals surface area (Å²) in [5.41, 5.74) is 1.87. The molecular formula is C25H19FN2O5. The van der Waals surface area contributed by atoms with E-state index in [4.69, 9.17) is 4.74 Å². The Balaban J connectivity index is 1.54. The molecule has 0 radical (unpaired) electrons. The van der Waals surface area contributed by atoms with Gasteiger partial charge in [-0.1, -0.05) is 12.1 Å². The van der Waals surface area contributed by atoms with E-state index in [1.807, 2.05) is 0 Å². The van der Waals surface area contributed by atoms with Crippen molar-refractivity contribution in [2.45, 2.75) is 20.0 Å². The Morgan fingerprint density at radius 3 is 2.18 bits per heavy atom. The lowest BCUT2D eigenvalue weighted by molar-refractivity contribution is -0.114. The van der Waals surface area contributed by atoms with Crippen molar-refractivity contribution in [2.75, 3.05) is 10.2 Å². The van der Waals surface area contributed by atoms with Gasteiger partial charge in [-0.15, -0.1) is 0 Å². The molecule has 1 N–H and O–H groups in total. The lowest BCUT2D eigenvalue weighted by Gasteiger charge is -2.14. The number of hydrogen-bond acceptors (Lipinski definition) is 5. The second-order valence-electron chi connectivity index (χ2n) is 7.53. The van der Waals surface area contributed by atoms with Crippen LogP contribution in [0.3, 0.4) is 0 Å². The molecule has 7 nitrogen and oxygen atoms in total. The largest absolute Gasteiger partial charge is 0.454 e. The van der Waals surface area contributed by atoms with Crippen LogP contribution in [0.1, 0.15) is 56.6 Å². The van der Waals surface area contributed by atoms with Gasteiger partial charge < -0.3 is 10.1 Å². The topological polar surface area (TPSA) is 92.8 Å². The van der Waals surface area contributed by atoms with Gasteiger partial charge in [-0.05, 0) is 67.1 Å². The van der Waals surface area contributed by atoms with Crippen LogP contribution in [0, 0.1) is 5.82 Å². The van der Waals surface area contributed by atoms with Crippen molar-refractivity contribution >= 4 is 35.1 Å². The van der Waals surface area contributed by atoms with Crippen molar-refractivity contribution in [1.29, 1.82) is 0 Å². The molecule has 8 heteroatoms. The average molecular weight is 446 g/mol. The number of carbonyl (C=O) groups is 4. The molecule has 0 aromatic heterocycles. The first-order chi connectivity index (χ1) is 15.7. The standard InChI is InChI=1S/C25H19FN2O5/c1-14(16-3-6-18(26)7-4-16)33-25(32)17-5-12-21-22(13-17)24(31)28(23(21)30)20-10-8-19(9-11-20)27-15(2)29/h3-14H,1-2H3,(H,27,29). The average Bonchev–Trinajstić information content (AvgIpc) is 3.04. The maximum absolute atomic E-state index is 13.1. The third-order valence-electron chi connectivity index (χ3n) is 5.19. The molecule has 1 aliphatic rings. The fourth-order valence-electron chi connectivity index (χ4n) is 3.53. The monoisotopic (exact) mass is 446 g/mol. The van der Waals surface area contributed by atoms with E-state index in [1.54, 1.807) is 31.2 Å². The van der Waals surface area contributed by atoms with Gasteiger partial charge in [0.25, 0.3) is 11.8 Å². The molecule has 3 aromatic carbocycles. The summed E-state index contributed by atoms with van der Waals surface area (Å²) in [7, 11) is 0. The fourth-order valence-corrected chi connectivity index (χ4v) is 3.53. The second kappa shape index (κ2) is 8.66. The van der Waals surface area contributed by atoms with E-state index in [0.717, 1.165) is 4.90 Å². The summed E-state index contributed by atoms with van der Waals surface area (Å²) in [6.07, 6.45) is -0.637. The summed E-state index contributed by atoms with van der Waals surface area (Å²) in [5, 5.41) is 2.61. The molecule has 0 aliphatic carbocycles. The highest BCUT2D eigenvalue weighted by Crippen LogP contribution is 2.30. The molecule has 0 spiro atoms. The molecule has 33 heavy (non-hydrogen) atoms. The third kappa shape index (κ3) is 4.36. The van der Waals surface area contributed by atoms with E-state index in [0.29, 0.717) is 16.9 Å². The Morgan fingerprint density at radius 1 is 0.909 bits per heavy atom. The van der Waals surface area contributed by atoms with E-state index in [9.17, 15) is 23.6 Å². The van der Waals surface area contributed by atoms with Gasteiger partial charge in [-0.2, -0.15) is 0 Å². The van der Waals surface area contributed by atoms with Crippen molar-refractivity contribution in [3.05, 3.63) is 94.8 Å². The van der Waals surface area contributed by atoms with Crippen molar-refractivity contribution < 1.29 is 28.3 Å². The van der Waals surface area contributed by atoms with Gasteiger partial charge in [0.05, 0.1) is 22.4 Å². The number of hydrogen-bond donors (Lipinski definition) is 1. The Hall–Kier alpha value is -4.33. The van der Waals surface area contributed by atoms with Crippen LogP contribution < -0.4 is 10.2 Å². The van der Waals surface area contributed by atoms with E-state index >= 15 is 0 Å². The number of ether oxygens (including phenoxy) is 1. The number of esters is 1. The number of nitrogens with zero attached hydrogens (tertiary/aromatic N) is 1. The number of carbonyl (C=O) groups excluding carboxylic acids is 4. The Bertz CT molecular complexity index is 1270. The maximum Gasteiger partial charge on any atom is 0.338 e. The van der Waals surface area contributed by atoms with Crippen LogP contribution in [-0.2, 0) is 9.53 Å². The summed E-state index contributed by atoms with van der Waals surface area (Å²) < 4.78 is 18.5. The minimum Gasteiger partial charge on any atom is -0.454 e. The van der Waals surface area contributed by atoms with Crippen LogP contribution >= 0.6 is 0 Å². The summed E-state index contributed by atoms with van der Waals surface area (Å²) in [4.78, 5) is 50.6. The first-order valence-corrected chi connectivity index (χ1v) is 10.1. The zero-order valence-electron chi connectivity index (χ0n) is 17.8. The lowest BCUT2D eigenvalue weighted by atomic mass is 10.1. The number of imide groups is 1. The molecule has 0 saturated heterocycles. The van der Waals surface area contributed by atoms with Crippen LogP contribution in [0.15, 0.2) is 66.7 Å². The number of rotatable bonds is 5. The highest BCUT2D eigenvalue weighted by atomic mass is 19.1. The zero-order valence-corrected chi connectivity index (χ0v) is 17.8. The molecule has 1 unspecified atom stereocenters. The summed E-state index contributed by atoms with van der Waals surface area (Å²) in [5.74, 6) is -2.39. The van der Waals surface area contributed by atoms with Gasteiger partial charge in [0.2, 0.25) is 5.91 Å². The molecule has 1 atom stereocenters. The van der Waals surface area contributed by atoms with E-state index in [-0.39, 0.29) is 22.6 Å².